The van der Waals surface area contributed by atoms with Gasteiger partial charge in [-0.3, -0.25) is 14.2 Å². The van der Waals surface area contributed by atoms with Crippen LogP contribution in [0.15, 0.2) is 41.3 Å². The summed E-state index contributed by atoms with van der Waals surface area (Å²) >= 11 is 0. The summed E-state index contributed by atoms with van der Waals surface area (Å²) in [5.74, 6) is -4.61. The van der Waals surface area contributed by atoms with Crippen LogP contribution in [-0.4, -0.2) is 40.8 Å². The quantitative estimate of drug-likeness (QED) is 0.339. The number of Topliss-reactive ketones (excluding diaryl/α,β-unsaturated/α-hetero) is 1. The van der Waals surface area contributed by atoms with Crippen LogP contribution in [0.4, 0.5) is 32.2 Å². The lowest BCUT2D eigenvalue weighted by atomic mass is 9.95. The number of aromatic nitrogens is 2. The van der Waals surface area contributed by atoms with E-state index in [-0.39, 0.29) is 36.1 Å². The molecule has 5 nitrogen and oxygen atoms in total. The van der Waals surface area contributed by atoms with Crippen molar-refractivity contribution in [2.24, 2.45) is 5.92 Å². The molecule has 1 fully saturated rings. The number of carbonyl (C=O) groups excluding carboxylic acids is 1. The van der Waals surface area contributed by atoms with Crippen LogP contribution in [0.25, 0.3) is 16.7 Å². The summed E-state index contributed by atoms with van der Waals surface area (Å²) in [7, 11) is 0. The van der Waals surface area contributed by atoms with E-state index >= 15 is 0 Å². The number of ketones is 1. The number of anilines is 1. The highest BCUT2D eigenvalue weighted by Crippen LogP contribution is 2.32. The van der Waals surface area contributed by atoms with Crippen molar-refractivity contribution in [2.75, 3.05) is 18.0 Å². The van der Waals surface area contributed by atoms with Gasteiger partial charge in [0.05, 0.1) is 29.1 Å². The van der Waals surface area contributed by atoms with E-state index in [4.69, 9.17) is 0 Å². The molecular formula is C24H21F6N3O2. The Morgan fingerprint density at radius 1 is 1.20 bits per heavy atom. The van der Waals surface area contributed by atoms with Crippen molar-refractivity contribution in [2.45, 2.75) is 38.5 Å². The van der Waals surface area contributed by atoms with Crippen LogP contribution < -0.4 is 10.3 Å². The summed E-state index contributed by atoms with van der Waals surface area (Å²) in [4.78, 5) is 31.9. The van der Waals surface area contributed by atoms with Crippen LogP contribution in [0.3, 0.4) is 0 Å². The number of pyridine rings is 2. The zero-order valence-corrected chi connectivity index (χ0v) is 18.6. The fraction of sp³-hybridized carbons (Fsp3) is 0.375. The van der Waals surface area contributed by atoms with Gasteiger partial charge in [0.15, 0.2) is 11.4 Å². The Balaban J connectivity index is 1.90. The van der Waals surface area contributed by atoms with Crippen LogP contribution in [0.5, 0.6) is 0 Å². The van der Waals surface area contributed by atoms with Gasteiger partial charge in [-0.2, -0.15) is 13.2 Å². The Labute approximate surface area is 196 Å². The van der Waals surface area contributed by atoms with Gasteiger partial charge in [0.25, 0.3) is 0 Å². The number of hydrogen-bond donors (Lipinski definition) is 0. The normalized spacial score (nSPS) is 17.2. The molecule has 35 heavy (non-hydrogen) atoms. The Bertz CT molecular complexity index is 1340. The summed E-state index contributed by atoms with van der Waals surface area (Å²) in [5.41, 5.74) is -1.78. The Morgan fingerprint density at radius 2 is 1.94 bits per heavy atom. The molecule has 0 amide bonds. The highest BCUT2D eigenvalue weighted by molar-refractivity contribution is 5.99. The average molecular weight is 497 g/mol. The molecule has 11 heteroatoms. The topological polar surface area (TPSA) is 55.2 Å². The fourth-order valence-electron chi connectivity index (χ4n) is 4.18. The molecule has 0 spiro atoms. The first kappa shape index (κ1) is 24.7. The molecule has 3 heterocycles. The van der Waals surface area contributed by atoms with Crippen LogP contribution in [0.2, 0.25) is 0 Å². The number of hydrogen-bond acceptors (Lipinski definition) is 4. The van der Waals surface area contributed by atoms with Gasteiger partial charge in [0.1, 0.15) is 23.6 Å². The molecule has 1 aliphatic rings. The SMILES string of the molecule is CC[C@H](CC(=O)c1cn(-c2ccc(F)cc2F)c2nc(N3CC[C@H](F)C3)ccc2c1=O)C(F)(F)F. The number of benzene rings is 1. The first-order chi connectivity index (χ1) is 16.5. The summed E-state index contributed by atoms with van der Waals surface area (Å²) < 4.78 is 82.7. The van der Waals surface area contributed by atoms with E-state index in [9.17, 15) is 35.9 Å². The van der Waals surface area contributed by atoms with Crippen molar-refractivity contribution in [3.63, 3.8) is 0 Å². The Hall–Kier alpha value is -3.37. The molecule has 186 valence electrons. The number of alkyl halides is 4. The molecule has 1 aromatic carbocycles. The van der Waals surface area contributed by atoms with Crippen molar-refractivity contribution < 1.29 is 31.1 Å². The second kappa shape index (κ2) is 9.35. The van der Waals surface area contributed by atoms with E-state index in [0.29, 0.717) is 18.4 Å². The maximum atomic E-state index is 14.7. The van der Waals surface area contributed by atoms with Crippen molar-refractivity contribution >= 4 is 22.6 Å². The van der Waals surface area contributed by atoms with Crippen LogP contribution in [-0.2, 0) is 0 Å². The number of fused-ring (bicyclic) bond motifs is 1. The van der Waals surface area contributed by atoms with Crippen LogP contribution >= 0.6 is 0 Å². The third-order valence-electron chi connectivity index (χ3n) is 6.15. The van der Waals surface area contributed by atoms with Gasteiger partial charge in [-0.15, -0.1) is 0 Å². The third-order valence-corrected chi connectivity index (χ3v) is 6.15. The minimum atomic E-state index is -4.64. The summed E-state index contributed by atoms with van der Waals surface area (Å²) in [5, 5.41) is -0.139. The van der Waals surface area contributed by atoms with Gasteiger partial charge < -0.3 is 4.90 Å². The van der Waals surface area contributed by atoms with Gasteiger partial charge in [-0.1, -0.05) is 6.92 Å². The number of carbonyl (C=O) groups is 1. The van der Waals surface area contributed by atoms with Gasteiger partial charge in [0.2, 0.25) is 5.43 Å². The minimum absolute atomic E-state index is 0.0695. The highest BCUT2D eigenvalue weighted by atomic mass is 19.4. The van der Waals surface area contributed by atoms with Crippen molar-refractivity contribution in [3.8, 4) is 5.69 Å². The first-order valence-electron chi connectivity index (χ1n) is 11.0. The molecule has 4 rings (SSSR count). The van der Waals surface area contributed by atoms with E-state index in [2.05, 4.69) is 4.98 Å². The molecule has 0 N–H and O–H groups in total. The van der Waals surface area contributed by atoms with E-state index in [0.717, 1.165) is 22.9 Å². The maximum Gasteiger partial charge on any atom is 0.392 e. The molecule has 0 aliphatic carbocycles. The lowest BCUT2D eigenvalue weighted by Crippen LogP contribution is -2.28. The molecule has 0 radical (unpaired) electrons. The summed E-state index contributed by atoms with van der Waals surface area (Å²) in [6.45, 7) is 1.71. The van der Waals surface area contributed by atoms with Crippen LogP contribution in [0.1, 0.15) is 36.5 Å². The molecular weight excluding hydrogens is 476 g/mol. The molecule has 0 unspecified atom stereocenters. The third kappa shape index (κ3) is 4.89. The predicted octanol–water partition coefficient (Wildman–Crippen LogP) is 5.37. The minimum Gasteiger partial charge on any atom is -0.354 e. The van der Waals surface area contributed by atoms with Crippen molar-refractivity contribution in [3.05, 3.63) is 63.9 Å². The number of nitrogens with zero attached hydrogens (tertiary/aromatic N) is 3. The fourth-order valence-corrected chi connectivity index (χ4v) is 4.18. The molecule has 0 saturated carbocycles. The number of halogens is 6. The summed E-state index contributed by atoms with van der Waals surface area (Å²) in [6.07, 6.45) is -5.80. The number of rotatable bonds is 6. The standard InChI is InChI=1S/C24H21F6N3O2/c1-2-13(24(28,29)30)9-20(34)17-12-33(19-5-3-14(25)10-18(19)27)23-16(22(17)35)4-6-21(31-23)32-8-7-15(26)11-32/h3-6,10,12-13,15H,2,7-9,11H2,1H3/t13-,15+/m1/s1. The zero-order chi connectivity index (χ0) is 25.5. The molecule has 1 aliphatic heterocycles. The Kier molecular flexibility index (Phi) is 6.61. The molecule has 1 saturated heterocycles. The first-order valence-corrected chi connectivity index (χ1v) is 11.0. The Morgan fingerprint density at radius 3 is 2.54 bits per heavy atom. The molecule has 2 atom stereocenters. The lowest BCUT2D eigenvalue weighted by molar-refractivity contribution is -0.174. The van der Waals surface area contributed by atoms with Gasteiger partial charge >= 0.3 is 6.18 Å². The van der Waals surface area contributed by atoms with Crippen molar-refractivity contribution in [1.29, 1.82) is 0 Å². The molecule has 0 bridgehead atoms. The summed E-state index contributed by atoms with van der Waals surface area (Å²) in [6, 6.07) is 5.37. The average Bonchev–Trinajstić information content (AvgIpc) is 3.23. The smallest absolute Gasteiger partial charge is 0.354 e. The van der Waals surface area contributed by atoms with E-state index < -0.39 is 53.1 Å². The van der Waals surface area contributed by atoms with Gasteiger partial charge in [-0.05, 0) is 37.1 Å². The van der Waals surface area contributed by atoms with E-state index in [1.807, 2.05) is 0 Å². The molecule has 2 aromatic heterocycles. The van der Waals surface area contributed by atoms with E-state index in [1.165, 1.54) is 19.1 Å². The lowest BCUT2D eigenvalue weighted by Gasteiger charge is -2.20. The second-order valence-corrected chi connectivity index (χ2v) is 8.48. The monoisotopic (exact) mass is 497 g/mol. The van der Waals surface area contributed by atoms with Gasteiger partial charge in [-0.25, -0.2) is 18.2 Å². The second-order valence-electron chi connectivity index (χ2n) is 8.48. The van der Waals surface area contributed by atoms with Crippen LogP contribution in [0, 0.1) is 17.6 Å². The van der Waals surface area contributed by atoms with Crippen molar-refractivity contribution in [1.82, 2.24) is 9.55 Å². The predicted molar refractivity (Wildman–Crippen MR) is 118 cm³/mol. The maximum absolute atomic E-state index is 14.7. The zero-order valence-electron chi connectivity index (χ0n) is 18.6. The largest absolute Gasteiger partial charge is 0.392 e. The van der Waals surface area contributed by atoms with Gasteiger partial charge in [0, 0.05) is 25.2 Å². The highest BCUT2D eigenvalue weighted by Gasteiger charge is 2.40. The molecule has 3 aromatic rings. The van der Waals surface area contributed by atoms with E-state index in [1.54, 1.807) is 4.90 Å².